The van der Waals surface area contributed by atoms with Crippen molar-refractivity contribution in [2.75, 3.05) is 11.9 Å². The van der Waals surface area contributed by atoms with E-state index in [1.165, 1.54) is 0 Å². The summed E-state index contributed by atoms with van der Waals surface area (Å²) in [4.78, 5) is 3.01. The Bertz CT molecular complexity index is 204. The molecule has 1 aromatic rings. The summed E-state index contributed by atoms with van der Waals surface area (Å²) in [5.74, 6) is 0.934. The van der Waals surface area contributed by atoms with E-state index in [2.05, 4.69) is 10.3 Å². The molecule has 0 aliphatic carbocycles. The number of hydrogen-bond acceptors (Lipinski definition) is 2. The van der Waals surface area contributed by atoms with Crippen LogP contribution in [0.2, 0.25) is 0 Å². The first kappa shape index (κ1) is 8.14. The van der Waals surface area contributed by atoms with Gasteiger partial charge in [-0.2, -0.15) is 0 Å². The number of H-pyrrole nitrogens is 1. The highest BCUT2D eigenvalue weighted by molar-refractivity contribution is 5.37. The maximum absolute atomic E-state index is 8.92. The van der Waals surface area contributed by atoms with Crippen molar-refractivity contribution >= 4 is 5.82 Å². The van der Waals surface area contributed by atoms with E-state index >= 15 is 0 Å². The lowest BCUT2D eigenvalue weighted by Crippen LogP contribution is -2.34. The van der Waals surface area contributed by atoms with Gasteiger partial charge in [-0.05, 0) is 26.0 Å². The zero-order valence-electron chi connectivity index (χ0n) is 6.89. The van der Waals surface area contributed by atoms with Crippen LogP contribution in [0.5, 0.6) is 0 Å². The van der Waals surface area contributed by atoms with Crippen molar-refractivity contribution in [1.82, 2.24) is 4.98 Å². The third-order valence-corrected chi connectivity index (χ3v) is 1.47. The van der Waals surface area contributed by atoms with Gasteiger partial charge in [-0.25, -0.2) is 0 Å². The molecule has 0 atom stereocenters. The van der Waals surface area contributed by atoms with Crippen LogP contribution in [-0.2, 0) is 0 Å². The lowest BCUT2D eigenvalue weighted by Gasteiger charge is -2.23. The Labute approximate surface area is 66.4 Å². The smallest absolute Gasteiger partial charge is 0.103 e. The van der Waals surface area contributed by atoms with E-state index in [0.29, 0.717) is 0 Å². The van der Waals surface area contributed by atoms with Gasteiger partial charge in [0, 0.05) is 6.20 Å². The highest BCUT2D eigenvalue weighted by Gasteiger charge is 2.15. The van der Waals surface area contributed by atoms with Crippen molar-refractivity contribution in [3.63, 3.8) is 0 Å². The second kappa shape index (κ2) is 2.96. The van der Waals surface area contributed by atoms with Gasteiger partial charge in [-0.1, -0.05) is 0 Å². The van der Waals surface area contributed by atoms with Crippen LogP contribution in [0.3, 0.4) is 0 Å². The molecular formula is C8H14N2O. The molecule has 3 heteroatoms. The molecule has 0 spiro atoms. The number of aromatic nitrogens is 1. The average Bonchev–Trinajstić information content (AvgIpc) is 2.39. The van der Waals surface area contributed by atoms with Crippen LogP contribution in [0.4, 0.5) is 5.82 Å². The standard InChI is InChI=1S/C8H14N2O/c1-8(2,6-11)10-7-4-3-5-9-7/h3-5,9-11H,6H2,1-2H3. The molecule has 1 aromatic heterocycles. The van der Waals surface area contributed by atoms with Crippen LogP contribution < -0.4 is 5.32 Å². The Kier molecular flexibility index (Phi) is 2.19. The van der Waals surface area contributed by atoms with Crippen molar-refractivity contribution in [1.29, 1.82) is 0 Å². The van der Waals surface area contributed by atoms with Gasteiger partial charge in [-0.15, -0.1) is 0 Å². The number of rotatable bonds is 3. The molecule has 11 heavy (non-hydrogen) atoms. The lowest BCUT2D eigenvalue weighted by atomic mass is 10.1. The molecule has 0 amide bonds. The van der Waals surface area contributed by atoms with E-state index < -0.39 is 0 Å². The van der Waals surface area contributed by atoms with Gasteiger partial charge in [0.1, 0.15) is 5.82 Å². The zero-order valence-corrected chi connectivity index (χ0v) is 6.89. The summed E-state index contributed by atoms with van der Waals surface area (Å²) < 4.78 is 0. The summed E-state index contributed by atoms with van der Waals surface area (Å²) in [5.41, 5.74) is -0.259. The minimum atomic E-state index is -0.259. The van der Waals surface area contributed by atoms with Gasteiger partial charge in [0.05, 0.1) is 12.1 Å². The minimum Gasteiger partial charge on any atom is -0.394 e. The zero-order chi connectivity index (χ0) is 8.32. The normalized spacial score (nSPS) is 11.5. The maximum Gasteiger partial charge on any atom is 0.103 e. The van der Waals surface area contributed by atoms with Crippen LogP contribution in [0.1, 0.15) is 13.8 Å². The summed E-state index contributed by atoms with van der Waals surface area (Å²) in [6.07, 6.45) is 1.84. The number of anilines is 1. The minimum absolute atomic E-state index is 0.117. The topological polar surface area (TPSA) is 48.0 Å². The molecule has 3 N–H and O–H groups in total. The second-order valence-electron chi connectivity index (χ2n) is 3.25. The fraction of sp³-hybridized carbons (Fsp3) is 0.500. The molecule has 0 unspecified atom stereocenters. The van der Waals surface area contributed by atoms with Crippen molar-refractivity contribution in [2.24, 2.45) is 0 Å². The van der Waals surface area contributed by atoms with E-state index in [0.717, 1.165) is 5.82 Å². The number of hydrogen-bond donors (Lipinski definition) is 3. The third-order valence-electron chi connectivity index (χ3n) is 1.47. The van der Waals surface area contributed by atoms with E-state index in [1.54, 1.807) is 0 Å². The maximum atomic E-state index is 8.92. The fourth-order valence-electron chi connectivity index (χ4n) is 0.812. The summed E-state index contributed by atoms with van der Waals surface area (Å²) >= 11 is 0. The van der Waals surface area contributed by atoms with Gasteiger partial charge in [0.25, 0.3) is 0 Å². The molecule has 0 bridgehead atoms. The highest BCUT2D eigenvalue weighted by atomic mass is 16.3. The predicted octanol–water partition coefficient (Wildman–Crippen LogP) is 1.20. The van der Waals surface area contributed by atoms with Crippen LogP contribution in [0, 0.1) is 0 Å². The Morgan fingerprint density at radius 2 is 2.36 bits per heavy atom. The number of aliphatic hydroxyl groups is 1. The van der Waals surface area contributed by atoms with Crippen LogP contribution in [0.15, 0.2) is 18.3 Å². The van der Waals surface area contributed by atoms with E-state index in [-0.39, 0.29) is 12.1 Å². The Morgan fingerprint density at radius 3 is 2.82 bits per heavy atom. The van der Waals surface area contributed by atoms with E-state index in [9.17, 15) is 0 Å². The molecule has 0 aliphatic rings. The van der Waals surface area contributed by atoms with Crippen LogP contribution in [-0.4, -0.2) is 22.2 Å². The molecule has 0 aromatic carbocycles. The first-order chi connectivity index (χ1) is 5.14. The van der Waals surface area contributed by atoms with Crippen molar-refractivity contribution in [3.8, 4) is 0 Å². The van der Waals surface area contributed by atoms with Crippen LogP contribution >= 0.6 is 0 Å². The summed E-state index contributed by atoms with van der Waals surface area (Å²) in [7, 11) is 0. The lowest BCUT2D eigenvalue weighted by molar-refractivity contribution is 0.234. The summed E-state index contributed by atoms with van der Waals surface area (Å²) in [6, 6.07) is 3.84. The van der Waals surface area contributed by atoms with E-state index in [1.807, 2.05) is 32.2 Å². The van der Waals surface area contributed by atoms with E-state index in [4.69, 9.17) is 5.11 Å². The molecular weight excluding hydrogens is 140 g/mol. The molecule has 0 saturated carbocycles. The molecule has 0 radical (unpaired) electrons. The number of aliphatic hydroxyl groups excluding tert-OH is 1. The Hall–Kier alpha value is -0.960. The van der Waals surface area contributed by atoms with Crippen molar-refractivity contribution < 1.29 is 5.11 Å². The first-order valence-corrected chi connectivity index (χ1v) is 3.66. The number of aromatic amines is 1. The highest BCUT2D eigenvalue weighted by Crippen LogP contribution is 2.10. The van der Waals surface area contributed by atoms with Gasteiger partial charge in [0.2, 0.25) is 0 Å². The Morgan fingerprint density at radius 1 is 1.64 bits per heavy atom. The number of nitrogens with one attached hydrogen (secondary N) is 2. The second-order valence-corrected chi connectivity index (χ2v) is 3.25. The monoisotopic (exact) mass is 154 g/mol. The largest absolute Gasteiger partial charge is 0.394 e. The summed E-state index contributed by atoms with van der Waals surface area (Å²) in [5, 5.41) is 12.1. The molecule has 0 fully saturated rings. The van der Waals surface area contributed by atoms with Crippen LogP contribution in [0.25, 0.3) is 0 Å². The summed E-state index contributed by atoms with van der Waals surface area (Å²) in [6.45, 7) is 3.99. The predicted molar refractivity (Wildman–Crippen MR) is 45.6 cm³/mol. The van der Waals surface area contributed by atoms with Gasteiger partial charge >= 0.3 is 0 Å². The Balaban J connectivity index is 2.56. The molecule has 0 aliphatic heterocycles. The molecule has 1 heterocycles. The third kappa shape index (κ3) is 2.27. The first-order valence-electron chi connectivity index (χ1n) is 3.66. The SMILES string of the molecule is CC(C)(CO)Nc1ccc[nH]1. The quantitative estimate of drug-likeness (QED) is 0.612. The molecule has 62 valence electrons. The van der Waals surface area contributed by atoms with Gasteiger partial charge in [0.15, 0.2) is 0 Å². The average molecular weight is 154 g/mol. The van der Waals surface area contributed by atoms with Crippen molar-refractivity contribution in [2.45, 2.75) is 19.4 Å². The van der Waals surface area contributed by atoms with Crippen molar-refractivity contribution in [3.05, 3.63) is 18.3 Å². The fourth-order valence-corrected chi connectivity index (χ4v) is 0.812. The molecule has 3 nitrogen and oxygen atoms in total. The van der Waals surface area contributed by atoms with Gasteiger partial charge in [-0.3, -0.25) is 0 Å². The molecule has 0 saturated heterocycles. The molecule has 1 rings (SSSR count). The van der Waals surface area contributed by atoms with Gasteiger partial charge < -0.3 is 15.4 Å².